The molecule has 4 aromatic rings. The van der Waals surface area contributed by atoms with Gasteiger partial charge in [-0.3, -0.25) is 18.9 Å². The predicted octanol–water partition coefficient (Wildman–Crippen LogP) is 3.49. The van der Waals surface area contributed by atoms with Crippen molar-refractivity contribution in [3.8, 4) is 0 Å². The average Bonchev–Trinajstić information content (AvgIpc) is 3.54. The lowest BCUT2D eigenvalue weighted by Gasteiger charge is -2.09. The van der Waals surface area contributed by atoms with Crippen LogP contribution < -0.4 is 11.2 Å². The van der Waals surface area contributed by atoms with Gasteiger partial charge in [-0.25, -0.2) is 9.59 Å². The minimum Gasteiger partial charge on any atom is -0.462 e. The Morgan fingerprint density at radius 1 is 1.22 bits per heavy atom. The lowest BCUT2D eigenvalue weighted by atomic mass is 10.0. The Bertz CT molecular complexity index is 1470. The van der Waals surface area contributed by atoms with Crippen LogP contribution in [0.25, 0.3) is 21.1 Å². The van der Waals surface area contributed by atoms with Crippen molar-refractivity contribution in [2.75, 3.05) is 6.61 Å². The van der Waals surface area contributed by atoms with Gasteiger partial charge in [-0.1, -0.05) is 18.2 Å². The highest BCUT2D eigenvalue weighted by Gasteiger charge is 2.29. The number of pyridine rings is 1. The number of para-hydroxylation sites is 1. The van der Waals surface area contributed by atoms with E-state index in [2.05, 4.69) is 4.98 Å². The standard InChI is InChI=1S/C24H23N3O4S/c1-3-31-23(29)19-18(12-15-10-11-25-17-7-5-4-6-16(15)17)32-22-20(19)21(28)26(2)24(30)27(22)13-14-8-9-14/h4-7,10-11,14H,3,8-9,12-13H2,1-2H3. The number of carbonyl (C=O) groups is 1. The van der Waals surface area contributed by atoms with Gasteiger partial charge in [0.2, 0.25) is 0 Å². The lowest BCUT2D eigenvalue weighted by Crippen LogP contribution is -2.38. The molecule has 0 aliphatic heterocycles. The molecule has 5 rings (SSSR count). The largest absolute Gasteiger partial charge is 0.462 e. The highest BCUT2D eigenvalue weighted by Crippen LogP contribution is 2.35. The van der Waals surface area contributed by atoms with E-state index in [-0.39, 0.29) is 23.2 Å². The molecule has 7 nitrogen and oxygen atoms in total. The van der Waals surface area contributed by atoms with Crippen LogP contribution in [0, 0.1) is 5.92 Å². The summed E-state index contributed by atoms with van der Waals surface area (Å²) in [4.78, 5) is 44.8. The lowest BCUT2D eigenvalue weighted by molar-refractivity contribution is 0.0528. The van der Waals surface area contributed by atoms with E-state index in [0.717, 1.165) is 38.8 Å². The molecule has 3 aromatic heterocycles. The monoisotopic (exact) mass is 449 g/mol. The van der Waals surface area contributed by atoms with Crippen molar-refractivity contribution in [2.24, 2.45) is 13.0 Å². The minimum absolute atomic E-state index is 0.204. The summed E-state index contributed by atoms with van der Waals surface area (Å²) in [7, 11) is 1.47. The normalized spacial score (nSPS) is 13.7. The van der Waals surface area contributed by atoms with Crippen LogP contribution in [0.1, 0.15) is 40.6 Å². The first-order valence-electron chi connectivity index (χ1n) is 10.7. The number of fused-ring (bicyclic) bond motifs is 2. The molecule has 0 atom stereocenters. The Hall–Kier alpha value is -3.26. The number of carbonyl (C=O) groups excluding carboxylic acids is 1. The average molecular weight is 450 g/mol. The molecular weight excluding hydrogens is 426 g/mol. The van der Waals surface area contributed by atoms with Gasteiger partial charge >= 0.3 is 11.7 Å². The summed E-state index contributed by atoms with van der Waals surface area (Å²) >= 11 is 1.34. The highest BCUT2D eigenvalue weighted by molar-refractivity contribution is 7.19. The first-order chi connectivity index (χ1) is 15.5. The SMILES string of the molecule is CCOC(=O)c1c(Cc2ccnc3ccccc23)sc2c1c(=O)n(C)c(=O)n2CC1CC1. The molecule has 0 amide bonds. The molecule has 1 aliphatic carbocycles. The zero-order valence-corrected chi connectivity index (χ0v) is 18.8. The molecule has 1 fully saturated rings. The fraction of sp³-hybridized carbons (Fsp3) is 0.333. The second kappa shape index (κ2) is 8.02. The topological polar surface area (TPSA) is 83.2 Å². The first-order valence-corrected chi connectivity index (χ1v) is 11.6. The number of aromatic nitrogens is 3. The zero-order valence-electron chi connectivity index (χ0n) is 18.0. The van der Waals surface area contributed by atoms with Crippen LogP contribution >= 0.6 is 11.3 Å². The van der Waals surface area contributed by atoms with Crippen molar-refractivity contribution in [1.29, 1.82) is 0 Å². The van der Waals surface area contributed by atoms with Crippen molar-refractivity contribution in [2.45, 2.75) is 32.7 Å². The van der Waals surface area contributed by atoms with E-state index in [4.69, 9.17) is 4.74 Å². The zero-order chi connectivity index (χ0) is 22.4. The van der Waals surface area contributed by atoms with Crippen molar-refractivity contribution in [3.63, 3.8) is 0 Å². The molecule has 0 radical (unpaired) electrons. The molecule has 0 unspecified atom stereocenters. The molecule has 1 saturated carbocycles. The van der Waals surface area contributed by atoms with Crippen molar-refractivity contribution < 1.29 is 9.53 Å². The first kappa shape index (κ1) is 20.6. The van der Waals surface area contributed by atoms with Crippen LogP contribution in [0.4, 0.5) is 0 Å². The third-order valence-electron chi connectivity index (χ3n) is 5.95. The minimum atomic E-state index is -0.527. The number of esters is 1. The summed E-state index contributed by atoms with van der Waals surface area (Å²) < 4.78 is 8.10. The van der Waals surface area contributed by atoms with E-state index in [1.807, 2.05) is 30.3 Å². The van der Waals surface area contributed by atoms with Crippen molar-refractivity contribution in [1.82, 2.24) is 14.1 Å². The van der Waals surface area contributed by atoms with Crippen LogP contribution in [-0.2, 0) is 24.8 Å². The van der Waals surface area contributed by atoms with Crippen LogP contribution in [-0.4, -0.2) is 26.7 Å². The van der Waals surface area contributed by atoms with E-state index in [0.29, 0.717) is 23.7 Å². The summed E-state index contributed by atoms with van der Waals surface area (Å²) in [6.07, 6.45) is 4.33. The van der Waals surface area contributed by atoms with E-state index in [1.54, 1.807) is 17.7 Å². The predicted molar refractivity (Wildman–Crippen MR) is 125 cm³/mol. The third kappa shape index (κ3) is 3.44. The van der Waals surface area contributed by atoms with Gasteiger partial charge in [0.25, 0.3) is 5.56 Å². The second-order valence-corrected chi connectivity index (χ2v) is 9.25. The van der Waals surface area contributed by atoms with Crippen molar-refractivity contribution >= 4 is 38.4 Å². The Balaban J connectivity index is 1.77. The van der Waals surface area contributed by atoms with Crippen LogP contribution in [0.15, 0.2) is 46.1 Å². The smallest absolute Gasteiger partial charge is 0.340 e. The maximum absolute atomic E-state index is 13.1. The number of hydrogen-bond acceptors (Lipinski definition) is 6. The maximum atomic E-state index is 13.1. The Kier molecular flexibility index (Phi) is 5.17. The van der Waals surface area contributed by atoms with Gasteiger partial charge in [-0.15, -0.1) is 11.3 Å². The molecule has 0 spiro atoms. The Labute approximate surface area is 187 Å². The number of ether oxygens (including phenoxy) is 1. The number of thiophene rings is 1. The maximum Gasteiger partial charge on any atom is 0.340 e. The quantitative estimate of drug-likeness (QED) is 0.421. The summed E-state index contributed by atoms with van der Waals surface area (Å²) in [6, 6.07) is 9.75. The summed E-state index contributed by atoms with van der Waals surface area (Å²) in [6.45, 7) is 2.50. The number of hydrogen-bond donors (Lipinski definition) is 0. The van der Waals surface area contributed by atoms with E-state index >= 15 is 0 Å². The molecule has 0 saturated heterocycles. The molecular formula is C24H23N3O4S. The molecule has 1 aromatic carbocycles. The van der Waals surface area contributed by atoms with Gasteiger partial charge in [0.15, 0.2) is 0 Å². The molecule has 8 heteroatoms. The number of rotatable bonds is 6. The van der Waals surface area contributed by atoms with Gasteiger partial charge in [-0.05, 0) is 43.4 Å². The van der Waals surface area contributed by atoms with Crippen LogP contribution in [0.2, 0.25) is 0 Å². The number of benzene rings is 1. The van der Waals surface area contributed by atoms with Crippen LogP contribution in [0.3, 0.4) is 0 Å². The summed E-state index contributed by atoms with van der Waals surface area (Å²) in [5, 5.41) is 1.27. The molecule has 32 heavy (non-hydrogen) atoms. The van der Waals surface area contributed by atoms with Crippen LogP contribution in [0.5, 0.6) is 0 Å². The van der Waals surface area contributed by atoms with Gasteiger partial charge in [-0.2, -0.15) is 0 Å². The van der Waals surface area contributed by atoms with Gasteiger partial charge in [0.1, 0.15) is 4.83 Å². The van der Waals surface area contributed by atoms with Crippen molar-refractivity contribution in [3.05, 3.63) is 73.4 Å². The molecule has 164 valence electrons. The summed E-state index contributed by atoms with van der Waals surface area (Å²) in [5.41, 5.74) is 1.35. The highest BCUT2D eigenvalue weighted by atomic mass is 32.1. The molecule has 1 aliphatic rings. The van der Waals surface area contributed by atoms with E-state index < -0.39 is 11.5 Å². The summed E-state index contributed by atoms with van der Waals surface area (Å²) in [5.74, 6) is -0.0880. The Morgan fingerprint density at radius 3 is 2.75 bits per heavy atom. The fourth-order valence-electron chi connectivity index (χ4n) is 4.12. The van der Waals surface area contributed by atoms with E-state index in [9.17, 15) is 14.4 Å². The number of nitrogens with zero attached hydrogens (tertiary/aromatic N) is 3. The third-order valence-corrected chi connectivity index (χ3v) is 7.16. The van der Waals surface area contributed by atoms with Gasteiger partial charge in [0, 0.05) is 36.5 Å². The van der Waals surface area contributed by atoms with E-state index in [1.165, 1.54) is 18.4 Å². The Morgan fingerprint density at radius 2 is 2.00 bits per heavy atom. The van der Waals surface area contributed by atoms with Gasteiger partial charge < -0.3 is 4.74 Å². The molecule has 0 N–H and O–H groups in total. The van der Waals surface area contributed by atoms with Gasteiger partial charge in [0.05, 0.1) is 23.1 Å². The molecule has 3 heterocycles. The fourth-order valence-corrected chi connectivity index (χ4v) is 5.42. The second-order valence-electron chi connectivity index (χ2n) is 8.17. The molecule has 0 bridgehead atoms.